The molecule has 1 atom stereocenters. The summed E-state index contributed by atoms with van der Waals surface area (Å²) in [4.78, 5) is 22.6. The number of nitrogens with one attached hydrogen (secondary N) is 2. The Balaban J connectivity index is 2.21. The van der Waals surface area contributed by atoms with Crippen molar-refractivity contribution in [1.29, 1.82) is 5.41 Å². The van der Waals surface area contributed by atoms with Crippen molar-refractivity contribution in [3.05, 3.63) is 0 Å². The second-order valence-corrected chi connectivity index (χ2v) is 6.09. The lowest BCUT2D eigenvalue weighted by atomic mass is 9.93. The molecule has 0 radical (unpaired) electrons. The van der Waals surface area contributed by atoms with E-state index in [-0.39, 0.29) is 24.4 Å². The molecule has 0 aromatic carbocycles. The summed E-state index contributed by atoms with van der Waals surface area (Å²) in [6.07, 6.45) is 7.03. The van der Waals surface area contributed by atoms with Gasteiger partial charge in [0, 0.05) is 11.8 Å². The first-order valence-corrected chi connectivity index (χ1v) is 8.56. The molecule has 0 aromatic rings. The van der Waals surface area contributed by atoms with Crippen molar-refractivity contribution in [3.63, 3.8) is 0 Å². The molecule has 1 aliphatic carbocycles. The van der Waals surface area contributed by atoms with E-state index in [9.17, 15) is 9.59 Å². The summed E-state index contributed by atoms with van der Waals surface area (Å²) >= 11 is 0. The minimum Gasteiger partial charge on any atom is -0.462 e. The highest BCUT2D eigenvalue weighted by Crippen LogP contribution is 2.22. The summed E-state index contributed by atoms with van der Waals surface area (Å²) in [5.41, 5.74) is 0.335. The molecule has 126 valence electrons. The summed E-state index contributed by atoms with van der Waals surface area (Å²) in [6.45, 7) is 5.08. The van der Waals surface area contributed by atoms with E-state index < -0.39 is 0 Å². The maximum atomic E-state index is 11.8. The molecule has 0 amide bonds. The number of hydrogen-bond acceptors (Lipinski definition) is 5. The van der Waals surface area contributed by atoms with E-state index in [0.29, 0.717) is 24.6 Å². The van der Waals surface area contributed by atoms with Crippen LogP contribution in [0.15, 0.2) is 0 Å². The molecular formula is C17H30N2O3. The van der Waals surface area contributed by atoms with Crippen LogP contribution in [0.1, 0.15) is 65.2 Å². The first-order valence-electron chi connectivity index (χ1n) is 8.56. The van der Waals surface area contributed by atoms with Crippen LogP contribution in [0.25, 0.3) is 0 Å². The third kappa shape index (κ3) is 6.69. The van der Waals surface area contributed by atoms with Gasteiger partial charge in [-0.05, 0) is 51.5 Å². The van der Waals surface area contributed by atoms with Crippen LogP contribution >= 0.6 is 0 Å². The van der Waals surface area contributed by atoms with Crippen LogP contribution in [0.4, 0.5) is 0 Å². The van der Waals surface area contributed by atoms with Gasteiger partial charge >= 0.3 is 5.97 Å². The summed E-state index contributed by atoms with van der Waals surface area (Å²) < 4.78 is 5.49. The summed E-state index contributed by atoms with van der Waals surface area (Å²) in [5, 5.41) is 11.3. The van der Waals surface area contributed by atoms with Crippen LogP contribution in [0.2, 0.25) is 0 Å². The fraction of sp³-hybridized carbons (Fsp3) is 0.824. The molecular weight excluding hydrogens is 280 g/mol. The largest absolute Gasteiger partial charge is 0.462 e. The minimum atomic E-state index is -0.354. The number of aldehydes is 1. The van der Waals surface area contributed by atoms with Gasteiger partial charge in [0.25, 0.3) is 0 Å². The minimum absolute atomic E-state index is 0.0226. The van der Waals surface area contributed by atoms with Crippen LogP contribution in [0, 0.1) is 11.3 Å². The van der Waals surface area contributed by atoms with Gasteiger partial charge in [0.05, 0.1) is 12.3 Å². The second kappa shape index (κ2) is 10.5. The van der Waals surface area contributed by atoms with Gasteiger partial charge in [-0.2, -0.15) is 0 Å². The SMILES string of the molecule is CCCNC1CCC(OC(=O)CCC(=N)C(C=O)CC)CC1. The fourth-order valence-electron chi connectivity index (χ4n) is 2.82. The Labute approximate surface area is 133 Å². The van der Waals surface area contributed by atoms with Crippen molar-refractivity contribution in [2.75, 3.05) is 6.54 Å². The predicted octanol–water partition coefficient (Wildman–Crippen LogP) is 2.87. The number of carbonyl (C=O) groups is 2. The Morgan fingerprint density at radius 3 is 2.50 bits per heavy atom. The summed E-state index contributed by atoms with van der Waals surface area (Å²) in [5.74, 6) is -0.594. The van der Waals surface area contributed by atoms with E-state index in [0.717, 1.165) is 44.9 Å². The topological polar surface area (TPSA) is 79.2 Å². The molecule has 5 heteroatoms. The lowest BCUT2D eigenvalue weighted by molar-refractivity contribution is -0.150. The molecule has 0 spiro atoms. The monoisotopic (exact) mass is 310 g/mol. The van der Waals surface area contributed by atoms with Gasteiger partial charge in [0.1, 0.15) is 12.4 Å². The highest BCUT2D eigenvalue weighted by Gasteiger charge is 2.23. The van der Waals surface area contributed by atoms with E-state index in [1.165, 1.54) is 0 Å². The van der Waals surface area contributed by atoms with Crippen molar-refractivity contribution in [2.45, 2.75) is 77.4 Å². The van der Waals surface area contributed by atoms with E-state index in [1.807, 2.05) is 6.92 Å². The third-order valence-electron chi connectivity index (χ3n) is 4.31. The maximum Gasteiger partial charge on any atom is 0.306 e. The third-order valence-corrected chi connectivity index (χ3v) is 4.31. The highest BCUT2D eigenvalue weighted by molar-refractivity contribution is 5.96. The Bertz CT molecular complexity index is 363. The van der Waals surface area contributed by atoms with Crippen molar-refractivity contribution in [3.8, 4) is 0 Å². The number of esters is 1. The van der Waals surface area contributed by atoms with E-state index >= 15 is 0 Å². The molecule has 0 aliphatic heterocycles. The summed E-state index contributed by atoms with van der Waals surface area (Å²) in [6, 6.07) is 0.556. The Hall–Kier alpha value is -1.23. The lowest BCUT2D eigenvalue weighted by Crippen LogP contribution is -2.36. The zero-order chi connectivity index (χ0) is 16.4. The van der Waals surface area contributed by atoms with Gasteiger partial charge in [-0.15, -0.1) is 0 Å². The van der Waals surface area contributed by atoms with Gasteiger partial charge in [0.2, 0.25) is 0 Å². The lowest BCUT2D eigenvalue weighted by Gasteiger charge is -2.29. The number of hydrogen-bond donors (Lipinski definition) is 2. The smallest absolute Gasteiger partial charge is 0.306 e. The highest BCUT2D eigenvalue weighted by atomic mass is 16.5. The van der Waals surface area contributed by atoms with Crippen molar-refractivity contribution in [2.24, 2.45) is 5.92 Å². The van der Waals surface area contributed by atoms with Crippen LogP contribution in [0.3, 0.4) is 0 Å². The van der Waals surface area contributed by atoms with Crippen molar-refractivity contribution in [1.82, 2.24) is 5.32 Å². The standard InChI is InChI=1S/C17H30N2O3/c1-3-11-19-14-5-7-15(8-6-14)22-17(21)10-9-16(18)13(4-2)12-20/h12-15,18-19H,3-11H2,1-2H3. The van der Waals surface area contributed by atoms with Crippen molar-refractivity contribution < 1.29 is 14.3 Å². The van der Waals surface area contributed by atoms with Gasteiger partial charge < -0.3 is 20.3 Å². The number of ether oxygens (including phenoxy) is 1. The fourth-order valence-corrected chi connectivity index (χ4v) is 2.82. The zero-order valence-corrected chi connectivity index (χ0v) is 13.9. The molecule has 1 fully saturated rings. The average Bonchev–Trinajstić information content (AvgIpc) is 2.53. The molecule has 22 heavy (non-hydrogen) atoms. The van der Waals surface area contributed by atoms with Crippen LogP contribution in [0.5, 0.6) is 0 Å². The first-order chi connectivity index (χ1) is 10.6. The molecule has 2 N–H and O–H groups in total. The number of rotatable bonds is 10. The Morgan fingerprint density at radius 2 is 1.95 bits per heavy atom. The van der Waals surface area contributed by atoms with E-state index in [2.05, 4.69) is 12.2 Å². The van der Waals surface area contributed by atoms with Gasteiger partial charge in [0.15, 0.2) is 0 Å². The van der Waals surface area contributed by atoms with Crippen molar-refractivity contribution >= 4 is 18.0 Å². The molecule has 0 heterocycles. The molecule has 1 aliphatic rings. The molecule has 0 aromatic heterocycles. The number of carbonyl (C=O) groups excluding carboxylic acids is 2. The average molecular weight is 310 g/mol. The van der Waals surface area contributed by atoms with E-state index in [4.69, 9.17) is 10.1 Å². The molecule has 0 bridgehead atoms. The molecule has 1 unspecified atom stereocenters. The maximum absolute atomic E-state index is 11.8. The quantitative estimate of drug-likeness (QED) is 0.369. The van der Waals surface area contributed by atoms with Gasteiger partial charge in [-0.1, -0.05) is 13.8 Å². The predicted molar refractivity (Wildman–Crippen MR) is 87.2 cm³/mol. The van der Waals surface area contributed by atoms with Crippen LogP contribution in [-0.2, 0) is 14.3 Å². The Morgan fingerprint density at radius 1 is 1.27 bits per heavy atom. The Kier molecular flexibility index (Phi) is 8.97. The zero-order valence-electron chi connectivity index (χ0n) is 13.9. The normalized spacial score (nSPS) is 22.8. The molecule has 1 rings (SSSR count). The molecule has 0 saturated heterocycles. The first kappa shape index (κ1) is 18.8. The van der Waals surface area contributed by atoms with Gasteiger partial charge in [-0.3, -0.25) is 4.79 Å². The molecule has 5 nitrogen and oxygen atoms in total. The van der Waals surface area contributed by atoms with E-state index in [1.54, 1.807) is 0 Å². The second-order valence-electron chi connectivity index (χ2n) is 6.09. The van der Waals surface area contributed by atoms with Gasteiger partial charge in [-0.25, -0.2) is 0 Å². The van der Waals surface area contributed by atoms with Crippen LogP contribution in [-0.4, -0.2) is 36.7 Å². The van der Waals surface area contributed by atoms with Crippen LogP contribution < -0.4 is 5.32 Å². The summed E-state index contributed by atoms with van der Waals surface area (Å²) in [7, 11) is 0. The molecule has 1 saturated carbocycles.